The number of anilines is 1. The van der Waals surface area contributed by atoms with Gasteiger partial charge in [0, 0.05) is 30.8 Å². The summed E-state index contributed by atoms with van der Waals surface area (Å²) in [5.41, 5.74) is 0.138. The summed E-state index contributed by atoms with van der Waals surface area (Å²) in [5, 5.41) is 8.86. The van der Waals surface area contributed by atoms with E-state index in [1.54, 1.807) is 29.2 Å². The fraction of sp³-hybridized carbons (Fsp3) is 0.300. The molecule has 0 bridgehead atoms. The van der Waals surface area contributed by atoms with E-state index in [9.17, 15) is 22.8 Å². The predicted octanol–water partition coefficient (Wildman–Crippen LogP) is 4.40. The quantitative estimate of drug-likeness (QED) is 0.638. The molecule has 0 heterocycles. The van der Waals surface area contributed by atoms with E-state index in [1.807, 2.05) is 0 Å². The summed E-state index contributed by atoms with van der Waals surface area (Å²) in [6, 6.07) is 9.87. The van der Waals surface area contributed by atoms with Crippen LogP contribution >= 0.6 is 0 Å². The number of carboxylic acid groups (broad SMARTS) is 1. The molecule has 2 rings (SSSR count). The number of carbonyl (C=O) groups is 2. The van der Waals surface area contributed by atoms with Gasteiger partial charge in [-0.15, -0.1) is 0 Å². The first-order chi connectivity index (χ1) is 13.2. The Morgan fingerprint density at radius 1 is 1.18 bits per heavy atom. The first kappa shape index (κ1) is 21.3. The standard InChI is InChI=1S/C20H20F3NO4/c1-28-17-8-4-14(5-9-17)12-24(10-2-3-19(26)27)18-11-16(20(21,22)23)7-6-15(18)13-25/h4-9,11,13H,2-3,10,12H2,1H3,(H,26,27). The van der Waals surface area contributed by atoms with Crippen molar-refractivity contribution in [3.05, 3.63) is 59.2 Å². The van der Waals surface area contributed by atoms with Gasteiger partial charge in [0.1, 0.15) is 5.75 Å². The summed E-state index contributed by atoms with van der Waals surface area (Å²) in [6.45, 7) is 0.395. The number of carbonyl (C=O) groups excluding carboxylic acids is 1. The van der Waals surface area contributed by atoms with E-state index in [1.165, 1.54) is 7.11 Å². The number of methoxy groups -OCH3 is 1. The van der Waals surface area contributed by atoms with Crippen LogP contribution in [0.4, 0.5) is 18.9 Å². The molecule has 150 valence electrons. The maximum absolute atomic E-state index is 13.1. The molecule has 0 spiro atoms. The Kier molecular flexibility index (Phi) is 7.03. The highest BCUT2D eigenvalue weighted by molar-refractivity contribution is 5.85. The van der Waals surface area contributed by atoms with E-state index in [2.05, 4.69) is 0 Å². The third-order valence-corrected chi connectivity index (χ3v) is 4.18. The molecule has 2 aromatic rings. The van der Waals surface area contributed by atoms with Crippen molar-refractivity contribution in [2.75, 3.05) is 18.6 Å². The van der Waals surface area contributed by atoms with Crippen LogP contribution in [0, 0.1) is 0 Å². The smallest absolute Gasteiger partial charge is 0.416 e. The Hall–Kier alpha value is -3.03. The van der Waals surface area contributed by atoms with Crippen LogP contribution in [0.3, 0.4) is 0 Å². The van der Waals surface area contributed by atoms with Crippen molar-refractivity contribution in [2.45, 2.75) is 25.6 Å². The number of ether oxygens (including phenoxy) is 1. The molecule has 0 aliphatic carbocycles. The van der Waals surface area contributed by atoms with Crippen LogP contribution in [0.1, 0.15) is 34.3 Å². The number of nitrogens with zero attached hydrogens (tertiary/aromatic N) is 1. The molecule has 0 saturated heterocycles. The summed E-state index contributed by atoms with van der Waals surface area (Å²) in [5.74, 6) is -0.363. The van der Waals surface area contributed by atoms with E-state index < -0.39 is 17.7 Å². The molecule has 0 fully saturated rings. The van der Waals surface area contributed by atoms with Gasteiger partial charge in [0.2, 0.25) is 0 Å². The number of aliphatic carboxylic acids is 1. The summed E-state index contributed by atoms with van der Waals surface area (Å²) >= 11 is 0. The monoisotopic (exact) mass is 395 g/mol. The average molecular weight is 395 g/mol. The third kappa shape index (κ3) is 5.73. The van der Waals surface area contributed by atoms with Crippen LogP contribution in [0.25, 0.3) is 0 Å². The molecule has 0 radical (unpaired) electrons. The van der Waals surface area contributed by atoms with Gasteiger partial charge in [0.05, 0.1) is 12.7 Å². The largest absolute Gasteiger partial charge is 0.497 e. The average Bonchev–Trinajstić information content (AvgIpc) is 2.66. The number of hydrogen-bond donors (Lipinski definition) is 1. The van der Waals surface area contributed by atoms with Gasteiger partial charge in [0.15, 0.2) is 6.29 Å². The molecule has 8 heteroatoms. The number of halogens is 3. The molecule has 0 atom stereocenters. The van der Waals surface area contributed by atoms with Crippen molar-refractivity contribution in [3.63, 3.8) is 0 Å². The molecule has 0 aliphatic rings. The van der Waals surface area contributed by atoms with E-state index in [0.717, 1.165) is 23.8 Å². The first-order valence-corrected chi connectivity index (χ1v) is 8.50. The Morgan fingerprint density at radius 2 is 1.86 bits per heavy atom. The van der Waals surface area contributed by atoms with E-state index in [0.29, 0.717) is 12.0 Å². The highest BCUT2D eigenvalue weighted by Gasteiger charge is 2.31. The van der Waals surface area contributed by atoms with Gasteiger partial charge in [-0.3, -0.25) is 9.59 Å². The molecule has 0 aliphatic heterocycles. The third-order valence-electron chi connectivity index (χ3n) is 4.18. The van der Waals surface area contributed by atoms with Crippen molar-refractivity contribution < 1.29 is 32.6 Å². The first-order valence-electron chi connectivity index (χ1n) is 8.50. The lowest BCUT2D eigenvalue weighted by Crippen LogP contribution is -2.26. The van der Waals surface area contributed by atoms with Gasteiger partial charge >= 0.3 is 12.1 Å². The second-order valence-electron chi connectivity index (χ2n) is 6.16. The second kappa shape index (κ2) is 9.25. The maximum Gasteiger partial charge on any atom is 0.416 e. The van der Waals surface area contributed by atoms with Crippen molar-refractivity contribution >= 4 is 17.9 Å². The Bertz CT molecular complexity index is 819. The number of hydrogen-bond acceptors (Lipinski definition) is 4. The number of carboxylic acids is 1. The topological polar surface area (TPSA) is 66.8 Å². The van der Waals surface area contributed by atoms with Crippen molar-refractivity contribution in [3.8, 4) is 5.75 Å². The van der Waals surface area contributed by atoms with Crippen LogP contribution in [0.2, 0.25) is 0 Å². The van der Waals surface area contributed by atoms with Gasteiger partial charge < -0.3 is 14.7 Å². The molecule has 0 saturated carbocycles. The number of alkyl halides is 3. The van der Waals surface area contributed by atoms with Crippen molar-refractivity contribution in [1.82, 2.24) is 0 Å². The molecule has 5 nitrogen and oxygen atoms in total. The van der Waals surface area contributed by atoms with Gasteiger partial charge in [0.25, 0.3) is 0 Å². The van der Waals surface area contributed by atoms with E-state index in [-0.39, 0.29) is 37.2 Å². The van der Waals surface area contributed by atoms with E-state index in [4.69, 9.17) is 9.84 Å². The summed E-state index contributed by atoms with van der Waals surface area (Å²) < 4.78 is 44.5. The zero-order chi connectivity index (χ0) is 20.7. The highest BCUT2D eigenvalue weighted by atomic mass is 19.4. The summed E-state index contributed by atoms with van der Waals surface area (Å²) in [7, 11) is 1.52. The summed E-state index contributed by atoms with van der Waals surface area (Å²) in [6.07, 6.45) is -3.97. The Labute approximate surface area is 160 Å². The number of rotatable bonds is 9. The highest BCUT2D eigenvalue weighted by Crippen LogP contribution is 2.34. The molecule has 0 unspecified atom stereocenters. The van der Waals surface area contributed by atoms with Crippen LogP contribution in [0.5, 0.6) is 5.75 Å². The minimum atomic E-state index is -4.55. The number of benzene rings is 2. The van der Waals surface area contributed by atoms with Gasteiger partial charge in [-0.1, -0.05) is 12.1 Å². The van der Waals surface area contributed by atoms with Crippen LogP contribution in [0.15, 0.2) is 42.5 Å². The molecule has 28 heavy (non-hydrogen) atoms. The normalized spacial score (nSPS) is 11.1. The molecule has 0 amide bonds. The SMILES string of the molecule is COc1ccc(CN(CCCC(=O)O)c2cc(C(F)(F)F)ccc2C=O)cc1. The Morgan fingerprint density at radius 3 is 2.39 bits per heavy atom. The maximum atomic E-state index is 13.1. The van der Waals surface area contributed by atoms with Gasteiger partial charge in [-0.25, -0.2) is 0 Å². The fourth-order valence-electron chi connectivity index (χ4n) is 2.75. The lowest BCUT2D eigenvalue weighted by atomic mass is 10.1. The minimum Gasteiger partial charge on any atom is -0.497 e. The molecule has 1 N–H and O–H groups in total. The second-order valence-corrected chi connectivity index (χ2v) is 6.16. The lowest BCUT2D eigenvalue weighted by Gasteiger charge is -2.27. The predicted molar refractivity (Wildman–Crippen MR) is 97.7 cm³/mol. The lowest BCUT2D eigenvalue weighted by molar-refractivity contribution is -0.138. The minimum absolute atomic E-state index is 0.108. The summed E-state index contributed by atoms with van der Waals surface area (Å²) in [4.78, 5) is 23.8. The van der Waals surface area contributed by atoms with Crippen LogP contribution in [-0.4, -0.2) is 31.0 Å². The van der Waals surface area contributed by atoms with Gasteiger partial charge in [-0.2, -0.15) is 13.2 Å². The zero-order valence-electron chi connectivity index (χ0n) is 15.2. The zero-order valence-corrected chi connectivity index (χ0v) is 15.2. The Balaban J connectivity index is 2.38. The molecule has 0 aromatic heterocycles. The van der Waals surface area contributed by atoms with Gasteiger partial charge in [-0.05, 0) is 42.3 Å². The molecular formula is C20H20F3NO4. The van der Waals surface area contributed by atoms with Crippen molar-refractivity contribution in [2.24, 2.45) is 0 Å². The fourth-order valence-corrected chi connectivity index (χ4v) is 2.75. The van der Waals surface area contributed by atoms with Crippen LogP contribution < -0.4 is 9.64 Å². The molecule has 2 aromatic carbocycles. The van der Waals surface area contributed by atoms with E-state index >= 15 is 0 Å². The molecular weight excluding hydrogens is 375 g/mol. The number of aldehydes is 1. The van der Waals surface area contributed by atoms with Crippen LogP contribution in [-0.2, 0) is 17.5 Å². The van der Waals surface area contributed by atoms with Crippen molar-refractivity contribution in [1.29, 1.82) is 0 Å².